The first kappa shape index (κ1) is 14.0. The van der Waals surface area contributed by atoms with E-state index in [1.165, 1.54) is 51.6 Å². The molecule has 2 atom stereocenters. The lowest BCUT2D eigenvalue weighted by Gasteiger charge is -2.32. The maximum atomic E-state index is 9.95. The lowest BCUT2D eigenvalue weighted by atomic mass is 9.99. The van der Waals surface area contributed by atoms with Gasteiger partial charge >= 0.3 is 0 Å². The fourth-order valence-corrected chi connectivity index (χ4v) is 2.65. The molecule has 2 heteroatoms. The minimum absolute atomic E-state index is 0.0952. The molecule has 0 spiro atoms. The first-order chi connectivity index (χ1) is 7.72. The third kappa shape index (κ3) is 5.86. The molecule has 16 heavy (non-hydrogen) atoms. The maximum Gasteiger partial charge on any atom is 0.0667 e. The molecule has 1 aliphatic rings. The van der Waals surface area contributed by atoms with Crippen LogP contribution in [0.25, 0.3) is 0 Å². The van der Waals surface area contributed by atoms with Crippen LogP contribution in [0.2, 0.25) is 0 Å². The van der Waals surface area contributed by atoms with Crippen LogP contribution in [0.1, 0.15) is 58.8 Å². The number of likely N-dealkylation sites (tertiary alicyclic amines) is 1. The molecule has 1 fully saturated rings. The van der Waals surface area contributed by atoms with Crippen molar-refractivity contribution in [2.24, 2.45) is 5.92 Å². The van der Waals surface area contributed by atoms with Crippen molar-refractivity contribution in [1.82, 2.24) is 4.90 Å². The van der Waals surface area contributed by atoms with E-state index in [1.54, 1.807) is 0 Å². The van der Waals surface area contributed by atoms with Crippen molar-refractivity contribution in [1.29, 1.82) is 0 Å². The van der Waals surface area contributed by atoms with Gasteiger partial charge in [-0.25, -0.2) is 0 Å². The minimum atomic E-state index is -0.0952. The molecule has 0 aromatic rings. The van der Waals surface area contributed by atoms with E-state index in [4.69, 9.17) is 0 Å². The smallest absolute Gasteiger partial charge is 0.0667 e. The summed E-state index contributed by atoms with van der Waals surface area (Å²) in [6.45, 7) is 7.82. The van der Waals surface area contributed by atoms with E-state index >= 15 is 0 Å². The van der Waals surface area contributed by atoms with E-state index in [0.29, 0.717) is 0 Å². The first-order valence-electron chi connectivity index (χ1n) is 7.12. The van der Waals surface area contributed by atoms with E-state index < -0.39 is 0 Å². The molecule has 0 radical (unpaired) electrons. The summed E-state index contributed by atoms with van der Waals surface area (Å²) >= 11 is 0. The number of hydrogen-bond acceptors (Lipinski definition) is 2. The molecule has 0 aromatic heterocycles. The average Bonchev–Trinajstić information content (AvgIpc) is 2.24. The number of piperidine rings is 1. The zero-order valence-electron chi connectivity index (χ0n) is 11.1. The molecule has 1 aliphatic heterocycles. The molecule has 1 saturated heterocycles. The van der Waals surface area contributed by atoms with Gasteiger partial charge in [0.2, 0.25) is 0 Å². The molecule has 0 aliphatic carbocycles. The predicted molar refractivity (Wildman–Crippen MR) is 69.6 cm³/mol. The van der Waals surface area contributed by atoms with Crippen molar-refractivity contribution >= 4 is 0 Å². The highest BCUT2D eigenvalue weighted by molar-refractivity contribution is 4.72. The third-order valence-corrected chi connectivity index (χ3v) is 3.60. The lowest BCUT2D eigenvalue weighted by molar-refractivity contribution is 0.0804. The monoisotopic (exact) mass is 227 g/mol. The minimum Gasteiger partial charge on any atom is -0.392 e. The topological polar surface area (TPSA) is 23.5 Å². The second-order valence-corrected chi connectivity index (χ2v) is 5.51. The van der Waals surface area contributed by atoms with Gasteiger partial charge in [0.05, 0.1) is 6.10 Å². The summed E-state index contributed by atoms with van der Waals surface area (Å²) in [6, 6.07) is 0. The Morgan fingerprint density at radius 2 is 2.12 bits per heavy atom. The molecule has 1 heterocycles. The fourth-order valence-electron chi connectivity index (χ4n) is 2.65. The quantitative estimate of drug-likeness (QED) is 0.676. The molecular formula is C14H29NO. The fraction of sp³-hybridized carbons (Fsp3) is 1.00. The normalized spacial score (nSPS) is 24.6. The van der Waals surface area contributed by atoms with Crippen LogP contribution in [0.5, 0.6) is 0 Å². The summed E-state index contributed by atoms with van der Waals surface area (Å²) < 4.78 is 0. The maximum absolute atomic E-state index is 9.95. The van der Waals surface area contributed by atoms with Crippen LogP contribution in [-0.4, -0.2) is 35.7 Å². The van der Waals surface area contributed by atoms with Crippen LogP contribution in [0.15, 0.2) is 0 Å². The Labute approximate surface area is 101 Å². The SMILES string of the molecule is CCCCCCC(O)CN1CCCC(C)C1. The molecule has 96 valence electrons. The predicted octanol–water partition coefficient (Wildman–Crippen LogP) is 3.05. The molecule has 1 rings (SSSR count). The number of aliphatic hydroxyl groups excluding tert-OH is 1. The van der Waals surface area contributed by atoms with E-state index in [1.807, 2.05) is 0 Å². The van der Waals surface area contributed by atoms with Crippen molar-refractivity contribution in [2.75, 3.05) is 19.6 Å². The number of aliphatic hydroxyl groups is 1. The van der Waals surface area contributed by atoms with Gasteiger partial charge in [-0.15, -0.1) is 0 Å². The second kappa shape index (κ2) is 8.08. The van der Waals surface area contributed by atoms with Crippen molar-refractivity contribution < 1.29 is 5.11 Å². The van der Waals surface area contributed by atoms with Crippen LogP contribution in [0.4, 0.5) is 0 Å². The summed E-state index contributed by atoms with van der Waals surface area (Å²) in [4.78, 5) is 2.44. The number of unbranched alkanes of at least 4 members (excludes halogenated alkanes) is 3. The van der Waals surface area contributed by atoms with Crippen molar-refractivity contribution in [2.45, 2.75) is 64.9 Å². The highest BCUT2D eigenvalue weighted by Crippen LogP contribution is 2.16. The van der Waals surface area contributed by atoms with Gasteiger partial charge in [0.25, 0.3) is 0 Å². The van der Waals surface area contributed by atoms with Gasteiger partial charge in [0.1, 0.15) is 0 Å². The van der Waals surface area contributed by atoms with E-state index in [-0.39, 0.29) is 6.10 Å². The second-order valence-electron chi connectivity index (χ2n) is 5.51. The number of β-amino-alcohol motifs (C(OH)–C–C–N with tert-alkyl or cyclic N) is 1. The molecule has 1 N–H and O–H groups in total. The Morgan fingerprint density at radius 1 is 1.31 bits per heavy atom. The molecule has 0 saturated carbocycles. The average molecular weight is 227 g/mol. The van der Waals surface area contributed by atoms with Crippen LogP contribution >= 0.6 is 0 Å². The Kier molecular flexibility index (Phi) is 7.06. The zero-order chi connectivity index (χ0) is 11.8. The Balaban J connectivity index is 2.06. The van der Waals surface area contributed by atoms with Gasteiger partial charge in [-0.05, 0) is 31.7 Å². The molecular weight excluding hydrogens is 198 g/mol. The summed E-state index contributed by atoms with van der Waals surface area (Å²) in [5.41, 5.74) is 0. The third-order valence-electron chi connectivity index (χ3n) is 3.60. The van der Waals surface area contributed by atoms with Gasteiger partial charge in [-0.1, -0.05) is 39.5 Å². The Morgan fingerprint density at radius 3 is 2.81 bits per heavy atom. The number of hydrogen-bond donors (Lipinski definition) is 1. The highest BCUT2D eigenvalue weighted by Gasteiger charge is 2.18. The molecule has 2 unspecified atom stereocenters. The molecule has 0 bridgehead atoms. The van der Waals surface area contributed by atoms with E-state index in [2.05, 4.69) is 18.7 Å². The number of nitrogens with zero attached hydrogens (tertiary/aromatic N) is 1. The van der Waals surface area contributed by atoms with Crippen LogP contribution in [0.3, 0.4) is 0 Å². The van der Waals surface area contributed by atoms with Crippen LogP contribution in [-0.2, 0) is 0 Å². The molecule has 0 aromatic carbocycles. The first-order valence-corrected chi connectivity index (χ1v) is 7.12. The van der Waals surface area contributed by atoms with Crippen molar-refractivity contribution in [3.8, 4) is 0 Å². The number of rotatable bonds is 7. The Bertz CT molecular complexity index is 172. The molecule has 0 amide bonds. The highest BCUT2D eigenvalue weighted by atomic mass is 16.3. The van der Waals surface area contributed by atoms with E-state index in [0.717, 1.165) is 18.9 Å². The van der Waals surface area contributed by atoms with Gasteiger partial charge < -0.3 is 10.0 Å². The lowest BCUT2D eigenvalue weighted by Crippen LogP contribution is -2.39. The largest absolute Gasteiger partial charge is 0.392 e. The summed E-state index contributed by atoms with van der Waals surface area (Å²) in [7, 11) is 0. The standard InChI is InChI=1S/C14H29NO/c1-3-4-5-6-9-14(16)12-15-10-7-8-13(2)11-15/h13-14,16H,3-12H2,1-2H3. The summed E-state index contributed by atoms with van der Waals surface area (Å²) in [6.07, 6.45) is 8.63. The van der Waals surface area contributed by atoms with Crippen molar-refractivity contribution in [3.05, 3.63) is 0 Å². The van der Waals surface area contributed by atoms with Crippen molar-refractivity contribution in [3.63, 3.8) is 0 Å². The summed E-state index contributed by atoms with van der Waals surface area (Å²) in [5.74, 6) is 0.820. The van der Waals surface area contributed by atoms with Crippen LogP contribution < -0.4 is 0 Å². The van der Waals surface area contributed by atoms with Gasteiger partial charge in [0, 0.05) is 13.1 Å². The zero-order valence-corrected chi connectivity index (χ0v) is 11.1. The van der Waals surface area contributed by atoms with Crippen LogP contribution in [0, 0.1) is 5.92 Å². The summed E-state index contributed by atoms with van der Waals surface area (Å²) in [5, 5.41) is 9.95. The van der Waals surface area contributed by atoms with Gasteiger partial charge in [-0.3, -0.25) is 0 Å². The van der Waals surface area contributed by atoms with Gasteiger partial charge in [-0.2, -0.15) is 0 Å². The van der Waals surface area contributed by atoms with Gasteiger partial charge in [0.15, 0.2) is 0 Å². The Hall–Kier alpha value is -0.0800. The molecule has 2 nitrogen and oxygen atoms in total. The van der Waals surface area contributed by atoms with E-state index in [9.17, 15) is 5.11 Å².